The highest BCUT2D eigenvalue weighted by atomic mass is 16.5. The number of nitrogens with zero attached hydrogens (tertiary/aromatic N) is 1. The molecule has 0 atom stereocenters. The first-order valence-electron chi connectivity index (χ1n) is 8.42. The van der Waals surface area contributed by atoms with Crippen molar-refractivity contribution in [2.75, 3.05) is 23.9 Å². The maximum Gasteiger partial charge on any atom is 0.234 e. The summed E-state index contributed by atoms with van der Waals surface area (Å²) in [6.45, 7) is 2.26. The number of amides is 2. The largest absolute Gasteiger partial charge is 0.497 e. The van der Waals surface area contributed by atoms with E-state index in [1.54, 1.807) is 7.11 Å². The molecule has 5 heteroatoms. The van der Waals surface area contributed by atoms with Crippen molar-refractivity contribution >= 4 is 23.2 Å². The van der Waals surface area contributed by atoms with Crippen LogP contribution in [0, 0.1) is 0 Å². The molecule has 0 fully saturated rings. The number of benzene rings is 2. The highest BCUT2D eigenvalue weighted by Crippen LogP contribution is 2.34. The predicted molar refractivity (Wildman–Crippen MR) is 98.1 cm³/mol. The van der Waals surface area contributed by atoms with Crippen molar-refractivity contribution in [3.63, 3.8) is 0 Å². The molecule has 0 radical (unpaired) electrons. The fourth-order valence-electron chi connectivity index (χ4n) is 3.18. The van der Waals surface area contributed by atoms with Gasteiger partial charge in [-0.15, -0.1) is 0 Å². The number of para-hydroxylation sites is 1. The lowest BCUT2D eigenvalue weighted by Crippen LogP contribution is -2.35. The zero-order valence-electron chi connectivity index (χ0n) is 14.5. The van der Waals surface area contributed by atoms with Gasteiger partial charge in [0.25, 0.3) is 0 Å². The van der Waals surface area contributed by atoms with Gasteiger partial charge in [0.15, 0.2) is 0 Å². The van der Waals surface area contributed by atoms with E-state index in [0.717, 1.165) is 35.5 Å². The molecule has 1 aliphatic heterocycles. The highest BCUT2D eigenvalue weighted by Gasteiger charge is 2.25. The van der Waals surface area contributed by atoms with Crippen LogP contribution in [0.2, 0.25) is 0 Å². The number of carbonyl (C=O) groups is 2. The Labute approximate surface area is 147 Å². The normalized spacial score (nSPS) is 12.2. The van der Waals surface area contributed by atoms with Crippen LogP contribution in [-0.2, 0) is 22.4 Å². The molecule has 2 aromatic rings. The van der Waals surface area contributed by atoms with E-state index in [2.05, 4.69) is 5.32 Å². The minimum absolute atomic E-state index is 0.197. The lowest BCUT2D eigenvalue weighted by atomic mass is 10.1. The quantitative estimate of drug-likeness (QED) is 0.910. The third kappa shape index (κ3) is 3.65. The van der Waals surface area contributed by atoms with Gasteiger partial charge in [-0.25, -0.2) is 4.90 Å². The molecule has 0 bridgehead atoms. The molecule has 0 saturated heterocycles. The second-order valence-electron chi connectivity index (χ2n) is 6.09. The van der Waals surface area contributed by atoms with Crippen LogP contribution in [0.1, 0.15) is 24.5 Å². The predicted octanol–water partition coefficient (Wildman–Crippen LogP) is 3.18. The molecule has 0 unspecified atom stereocenters. The summed E-state index contributed by atoms with van der Waals surface area (Å²) in [5.41, 5.74) is 3.70. The molecule has 3 rings (SSSR count). The number of carbonyl (C=O) groups excluding carboxylic acids is 2. The average molecular weight is 338 g/mol. The van der Waals surface area contributed by atoms with E-state index in [9.17, 15) is 9.59 Å². The zero-order valence-corrected chi connectivity index (χ0v) is 14.5. The number of imide groups is 1. The molecule has 0 aliphatic carbocycles. The molecule has 25 heavy (non-hydrogen) atoms. The van der Waals surface area contributed by atoms with Gasteiger partial charge in [-0.3, -0.25) is 9.59 Å². The summed E-state index contributed by atoms with van der Waals surface area (Å²) >= 11 is 0. The third-order valence-corrected chi connectivity index (χ3v) is 4.39. The first kappa shape index (κ1) is 17.0. The van der Waals surface area contributed by atoms with Gasteiger partial charge in [-0.05, 0) is 42.2 Å². The lowest BCUT2D eigenvalue weighted by Gasteiger charge is -2.22. The van der Waals surface area contributed by atoms with Crippen LogP contribution in [0.15, 0.2) is 42.5 Å². The fourth-order valence-corrected chi connectivity index (χ4v) is 3.18. The first-order chi connectivity index (χ1) is 12.1. The average Bonchev–Trinajstić information content (AvgIpc) is 3.09. The Morgan fingerprint density at radius 3 is 2.76 bits per heavy atom. The van der Waals surface area contributed by atoms with Crippen molar-refractivity contribution in [3.8, 4) is 5.75 Å². The maximum absolute atomic E-state index is 12.8. The Bertz CT molecular complexity index is 801. The van der Waals surface area contributed by atoms with Gasteiger partial charge in [0.05, 0.1) is 18.5 Å². The van der Waals surface area contributed by atoms with E-state index in [0.29, 0.717) is 12.1 Å². The molecule has 0 saturated carbocycles. The Balaban J connectivity index is 1.78. The van der Waals surface area contributed by atoms with Crippen molar-refractivity contribution in [1.29, 1.82) is 0 Å². The van der Waals surface area contributed by atoms with E-state index in [4.69, 9.17) is 4.74 Å². The Morgan fingerprint density at radius 1 is 1.20 bits per heavy atom. The topological polar surface area (TPSA) is 58.6 Å². The number of aryl methyl sites for hydroxylation is 1. The molecule has 1 heterocycles. The maximum atomic E-state index is 12.8. The molecule has 130 valence electrons. The van der Waals surface area contributed by atoms with E-state index >= 15 is 0 Å². The van der Waals surface area contributed by atoms with Gasteiger partial charge in [0, 0.05) is 19.9 Å². The lowest BCUT2D eigenvalue weighted by molar-refractivity contribution is -0.125. The first-order valence-corrected chi connectivity index (χ1v) is 8.42. The number of hydrogen-bond acceptors (Lipinski definition) is 4. The van der Waals surface area contributed by atoms with Crippen molar-refractivity contribution < 1.29 is 14.3 Å². The summed E-state index contributed by atoms with van der Waals surface area (Å²) in [5.74, 6) is 0.300. The smallest absolute Gasteiger partial charge is 0.234 e. The second kappa shape index (κ2) is 7.38. The molecule has 1 N–H and O–H groups in total. The molecule has 0 aromatic heterocycles. The molecule has 5 nitrogen and oxygen atoms in total. The molecular formula is C20H22N2O3. The molecule has 2 aromatic carbocycles. The van der Waals surface area contributed by atoms with E-state index in [1.807, 2.05) is 42.5 Å². The van der Waals surface area contributed by atoms with Crippen molar-refractivity contribution in [3.05, 3.63) is 53.6 Å². The fraction of sp³-hybridized carbons (Fsp3) is 0.300. The molecule has 0 spiro atoms. The number of ether oxygens (including phenoxy) is 1. The number of hydrogen-bond donors (Lipinski definition) is 1. The zero-order chi connectivity index (χ0) is 17.8. The number of rotatable bonds is 5. The summed E-state index contributed by atoms with van der Waals surface area (Å²) in [7, 11) is 1.62. The standard InChI is InChI=1S/C20H22N2O3/c1-14(23)22(18-8-4-6-16-11-12-21-20(16)18)19(24)10-9-15-5-3-7-17(13-15)25-2/h3-8,13,21H,9-12H2,1-2H3. The van der Waals surface area contributed by atoms with Gasteiger partial charge < -0.3 is 10.1 Å². The Hall–Kier alpha value is -2.82. The minimum atomic E-state index is -0.266. The van der Waals surface area contributed by atoms with Crippen LogP contribution < -0.4 is 15.0 Å². The summed E-state index contributed by atoms with van der Waals surface area (Å²) < 4.78 is 5.21. The van der Waals surface area contributed by atoms with Crippen LogP contribution in [0.25, 0.3) is 0 Å². The van der Waals surface area contributed by atoms with Crippen molar-refractivity contribution in [1.82, 2.24) is 0 Å². The van der Waals surface area contributed by atoms with E-state index < -0.39 is 0 Å². The van der Waals surface area contributed by atoms with Crippen molar-refractivity contribution in [2.24, 2.45) is 0 Å². The van der Waals surface area contributed by atoms with Gasteiger partial charge in [-0.2, -0.15) is 0 Å². The van der Waals surface area contributed by atoms with Gasteiger partial charge in [0.2, 0.25) is 11.8 Å². The number of nitrogens with one attached hydrogen (secondary N) is 1. The summed E-state index contributed by atoms with van der Waals surface area (Å²) in [5, 5.41) is 3.29. The Kier molecular flexibility index (Phi) is 5.03. The van der Waals surface area contributed by atoms with E-state index in [1.165, 1.54) is 11.8 Å². The second-order valence-corrected chi connectivity index (χ2v) is 6.09. The summed E-state index contributed by atoms with van der Waals surface area (Å²) in [6.07, 6.45) is 1.73. The van der Waals surface area contributed by atoms with Crippen LogP contribution in [0.4, 0.5) is 11.4 Å². The number of anilines is 2. The number of fused-ring (bicyclic) bond motifs is 1. The monoisotopic (exact) mass is 338 g/mol. The van der Waals surface area contributed by atoms with Crippen LogP contribution in [-0.4, -0.2) is 25.5 Å². The van der Waals surface area contributed by atoms with Gasteiger partial charge in [-0.1, -0.05) is 24.3 Å². The van der Waals surface area contributed by atoms with Crippen LogP contribution in [0.3, 0.4) is 0 Å². The summed E-state index contributed by atoms with van der Waals surface area (Å²) in [6, 6.07) is 13.4. The minimum Gasteiger partial charge on any atom is -0.497 e. The van der Waals surface area contributed by atoms with Gasteiger partial charge in [0.1, 0.15) is 5.75 Å². The Morgan fingerprint density at radius 2 is 2.00 bits per heavy atom. The summed E-state index contributed by atoms with van der Waals surface area (Å²) in [4.78, 5) is 26.2. The molecule has 2 amide bonds. The highest BCUT2D eigenvalue weighted by molar-refractivity contribution is 6.16. The molecule has 1 aliphatic rings. The van der Waals surface area contributed by atoms with Crippen LogP contribution >= 0.6 is 0 Å². The van der Waals surface area contributed by atoms with Gasteiger partial charge >= 0.3 is 0 Å². The van der Waals surface area contributed by atoms with Crippen LogP contribution in [0.5, 0.6) is 5.75 Å². The SMILES string of the molecule is COc1cccc(CCC(=O)N(C(C)=O)c2cccc3c2NCC3)c1. The number of methoxy groups -OCH3 is 1. The van der Waals surface area contributed by atoms with E-state index in [-0.39, 0.29) is 18.2 Å². The molecular weight excluding hydrogens is 316 g/mol. The van der Waals surface area contributed by atoms with Crippen molar-refractivity contribution in [2.45, 2.75) is 26.2 Å². The third-order valence-electron chi connectivity index (χ3n) is 4.39.